The number of carbonyl (C=O) groups is 1. The molecule has 0 aliphatic rings. The van der Waals surface area contributed by atoms with E-state index >= 15 is 0 Å². The van der Waals surface area contributed by atoms with Gasteiger partial charge >= 0.3 is 0 Å². The Labute approximate surface area is 237 Å². The number of para-hydroxylation sites is 2. The van der Waals surface area contributed by atoms with Crippen molar-refractivity contribution in [3.8, 4) is 23.1 Å². The number of nitro benzene ring substituents is 1. The molecule has 1 amide bonds. The molecule has 10 heteroatoms. The van der Waals surface area contributed by atoms with Crippen LogP contribution < -0.4 is 20.1 Å². The van der Waals surface area contributed by atoms with Crippen molar-refractivity contribution in [1.29, 1.82) is 5.26 Å². The summed E-state index contributed by atoms with van der Waals surface area (Å²) in [5, 5.41) is 24.4. The molecule has 0 saturated heterocycles. The summed E-state index contributed by atoms with van der Waals surface area (Å²) in [5.41, 5.74) is 0.887. The number of carbonyl (C=O) groups excluding carboxylic acids is 1. The second-order valence-corrected chi connectivity index (χ2v) is 9.99. The van der Waals surface area contributed by atoms with Crippen LogP contribution in [-0.2, 0) is 4.79 Å². The fraction of sp³-hybridized carbons (Fsp3) is 0.0645. The van der Waals surface area contributed by atoms with E-state index < -0.39 is 16.4 Å². The van der Waals surface area contributed by atoms with E-state index in [2.05, 4.69) is 5.32 Å². The van der Waals surface area contributed by atoms with Crippen LogP contribution in [0.5, 0.6) is 0 Å². The lowest BCUT2D eigenvalue weighted by molar-refractivity contribution is -0.384. The largest absolute Gasteiger partial charge is 0.456 e. The zero-order chi connectivity index (χ0) is 28.9. The Morgan fingerprint density at radius 1 is 1.02 bits per heavy atom. The average molecular weight is 563 g/mol. The van der Waals surface area contributed by atoms with Crippen molar-refractivity contribution in [3.63, 3.8) is 0 Å². The van der Waals surface area contributed by atoms with Gasteiger partial charge in [0.05, 0.1) is 26.7 Å². The molecule has 0 spiro atoms. The second kappa shape index (κ2) is 11.7. The van der Waals surface area contributed by atoms with Crippen LogP contribution in [0.4, 0.5) is 5.69 Å². The maximum Gasteiger partial charge on any atom is 0.280 e. The summed E-state index contributed by atoms with van der Waals surface area (Å²) in [7, 11) is 0. The number of nitro groups is 1. The number of aromatic nitrogens is 1. The van der Waals surface area contributed by atoms with E-state index in [9.17, 15) is 25.0 Å². The maximum atomic E-state index is 13.7. The predicted molar refractivity (Wildman–Crippen MR) is 156 cm³/mol. The Bertz CT molecular complexity index is 1970. The summed E-state index contributed by atoms with van der Waals surface area (Å²) in [5.74, 6) is -0.0656. The predicted octanol–water partition coefficient (Wildman–Crippen LogP) is 4.45. The lowest BCUT2D eigenvalue weighted by atomic mass is 10.1. The number of benzene rings is 3. The van der Waals surface area contributed by atoms with E-state index in [4.69, 9.17) is 4.42 Å². The molecular formula is C31H22N4O5S. The number of furan rings is 1. The van der Waals surface area contributed by atoms with E-state index in [1.54, 1.807) is 60.7 Å². The molecule has 0 saturated carbocycles. The zero-order valence-electron chi connectivity index (χ0n) is 21.7. The molecule has 1 N–H and O–H groups in total. The number of hydrogen-bond acceptors (Lipinski definition) is 7. The first-order valence-corrected chi connectivity index (χ1v) is 13.3. The molecule has 5 rings (SSSR count). The first-order valence-electron chi connectivity index (χ1n) is 12.5. The highest BCUT2D eigenvalue weighted by molar-refractivity contribution is 7.07. The smallest absolute Gasteiger partial charge is 0.280 e. The minimum atomic E-state index is -0.613. The van der Waals surface area contributed by atoms with Gasteiger partial charge in [-0.1, -0.05) is 60.7 Å². The fourth-order valence-electron chi connectivity index (χ4n) is 4.30. The van der Waals surface area contributed by atoms with Crippen LogP contribution in [0.15, 0.2) is 106 Å². The zero-order valence-corrected chi connectivity index (χ0v) is 22.5. The third-order valence-electron chi connectivity index (χ3n) is 6.30. The Kier molecular flexibility index (Phi) is 7.71. The number of rotatable bonds is 7. The summed E-state index contributed by atoms with van der Waals surface area (Å²) >= 11 is 0.979. The molecule has 2 aromatic heterocycles. The maximum absolute atomic E-state index is 13.7. The van der Waals surface area contributed by atoms with Gasteiger partial charge in [-0.05, 0) is 42.8 Å². The average Bonchev–Trinajstić information content (AvgIpc) is 3.58. The van der Waals surface area contributed by atoms with Crippen LogP contribution in [-0.4, -0.2) is 15.4 Å². The topological polar surface area (TPSA) is 131 Å². The second-order valence-electron chi connectivity index (χ2n) is 8.96. The summed E-state index contributed by atoms with van der Waals surface area (Å²) in [6.45, 7) is 1.81. The Hall–Kier alpha value is -5.53. The Balaban J connectivity index is 1.63. The van der Waals surface area contributed by atoms with Crippen LogP contribution in [0.1, 0.15) is 24.3 Å². The molecule has 202 valence electrons. The molecule has 0 aliphatic carbocycles. The van der Waals surface area contributed by atoms with Crippen molar-refractivity contribution >= 4 is 34.6 Å². The summed E-state index contributed by atoms with van der Waals surface area (Å²) in [6, 6.07) is 29.0. The van der Waals surface area contributed by atoms with Crippen molar-refractivity contribution in [2.24, 2.45) is 0 Å². The first-order chi connectivity index (χ1) is 19.9. The molecule has 1 unspecified atom stereocenters. The van der Waals surface area contributed by atoms with Gasteiger partial charge in [0.2, 0.25) is 0 Å². The standard InChI is InChI=1S/C31H22N4O5S/c1-20(21-10-4-2-5-11-21)33-29(36)25(19-32)31-34(22-12-6-3-7-13-22)30(37)28(41-31)18-23-16-17-27(40-23)24-14-8-9-15-26(24)35(38)39/h2-18,20H,1H3,(H,33,36). The van der Waals surface area contributed by atoms with Crippen LogP contribution in [0.3, 0.4) is 0 Å². The van der Waals surface area contributed by atoms with Crippen molar-refractivity contribution in [2.75, 3.05) is 0 Å². The van der Waals surface area contributed by atoms with E-state index in [0.29, 0.717) is 11.3 Å². The van der Waals surface area contributed by atoms with Crippen molar-refractivity contribution in [3.05, 3.63) is 138 Å². The lowest BCUT2D eigenvalue weighted by Gasteiger charge is -2.13. The highest BCUT2D eigenvalue weighted by Crippen LogP contribution is 2.31. The van der Waals surface area contributed by atoms with E-state index in [1.807, 2.05) is 43.3 Å². The van der Waals surface area contributed by atoms with Gasteiger partial charge in [-0.2, -0.15) is 5.26 Å². The summed E-state index contributed by atoms with van der Waals surface area (Å²) in [6.07, 6.45) is 1.49. The molecular weight excluding hydrogens is 540 g/mol. The highest BCUT2D eigenvalue weighted by atomic mass is 32.1. The van der Waals surface area contributed by atoms with Crippen molar-refractivity contribution < 1.29 is 14.1 Å². The van der Waals surface area contributed by atoms with Gasteiger partial charge in [-0.15, -0.1) is 11.3 Å². The molecule has 0 radical (unpaired) electrons. The molecule has 9 nitrogen and oxygen atoms in total. The monoisotopic (exact) mass is 562 g/mol. The minimum Gasteiger partial charge on any atom is -0.456 e. The number of amides is 1. The first kappa shape index (κ1) is 27.1. The van der Waals surface area contributed by atoms with Crippen molar-refractivity contribution in [2.45, 2.75) is 13.0 Å². The number of hydrogen-bond donors (Lipinski definition) is 1. The summed E-state index contributed by atoms with van der Waals surface area (Å²) in [4.78, 5) is 37.9. The van der Waals surface area contributed by atoms with Gasteiger partial charge in [0.15, 0.2) is 5.57 Å². The number of nitriles is 1. The quantitative estimate of drug-likeness (QED) is 0.230. The highest BCUT2D eigenvalue weighted by Gasteiger charge is 2.20. The molecule has 0 aliphatic heterocycles. The lowest BCUT2D eigenvalue weighted by Crippen LogP contribution is -2.34. The number of thiazole rings is 1. The van der Waals surface area contributed by atoms with E-state index in [1.165, 1.54) is 16.7 Å². The Morgan fingerprint density at radius 2 is 1.68 bits per heavy atom. The van der Waals surface area contributed by atoms with Gasteiger partial charge in [0.1, 0.15) is 22.3 Å². The van der Waals surface area contributed by atoms with Crippen molar-refractivity contribution in [1.82, 2.24) is 9.88 Å². The normalized spacial score (nSPS) is 12.8. The molecule has 5 aromatic rings. The minimum absolute atomic E-state index is 0.109. The fourth-order valence-corrected chi connectivity index (χ4v) is 5.38. The van der Waals surface area contributed by atoms with Gasteiger partial charge in [-0.25, -0.2) is 0 Å². The van der Waals surface area contributed by atoms with E-state index in [0.717, 1.165) is 16.9 Å². The molecule has 3 aromatic carbocycles. The third-order valence-corrected chi connectivity index (χ3v) is 7.40. The third kappa shape index (κ3) is 5.61. The summed E-state index contributed by atoms with van der Waals surface area (Å²) < 4.78 is 7.56. The van der Waals surface area contributed by atoms with Crippen LogP contribution in [0, 0.1) is 21.4 Å². The number of nitrogens with one attached hydrogen (secondary N) is 1. The van der Waals surface area contributed by atoms with Gasteiger partial charge in [0, 0.05) is 12.1 Å². The molecule has 41 heavy (non-hydrogen) atoms. The van der Waals surface area contributed by atoms with Crippen LogP contribution in [0.2, 0.25) is 0 Å². The van der Waals surface area contributed by atoms with Gasteiger partial charge in [0.25, 0.3) is 17.2 Å². The van der Waals surface area contributed by atoms with Crippen LogP contribution >= 0.6 is 11.3 Å². The Morgan fingerprint density at radius 3 is 2.37 bits per heavy atom. The molecule has 0 bridgehead atoms. The molecule has 1 atom stereocenters. The van der Waals surface area contributed by atoms with Gasteiger partial charge < -0.3 is 9.73 Å². The van der Waals surface area contributed by atoms with Gasteiger partial charge in [-0.3, -0.25) is 24.3 Å². The van der Waals surface area contributed by atoms with Crippen LogP contribution in [0.25, 0.3) is 28.7 Å². The van der Waals surface area contributed by atoms with E-state index in [-0.39, 0.29) is 38.0 Å². The molecule has 2 heterocycles. The number of nitrogens with zero attached hydrogens (tertiary/aromatic N) is 3. The SMILES string of the molecule is CC(NC(=O)C(C#N)=c1sc(=Cc2ccc(-c3ccccc3[N+](=O)[O-])o2)c(=O)n1-c1ccccc1)c1ccccc1. The molecule has 0 fully saturated rings.